The molecular weight excluding hydrogens is 367 g/mol. The number of halogens is 2. The molecule has 1 saturated heterocycles. The number of rotatable bonds is 5. The van der Waals surface area contributed by atoms with Crippen LogP contribution in [0.25, 0.3) is 0 Å². The van der Waals surface area contributed by atoms with Crippen molar-refractivity contribution in [3.05, 3.63) is 27.7 Å². The highest BCUT2D eigenvalue weighted by atomic mass is 35.5. The van der Waals surface area contributed by atoms with E-state index in [9.17, 15) is 9.59 Å². The van der Waals surface area contributed by atoms with E-state index in [1.807, 2.05) is 11.9 Å². The zero-order chi connectivity index (χ0) is 18.6. The molecule has 1 unspecified atom stereocenters. The van der Waals surface area contributed by atoms with E-state index in [1.165, 1.54) is 7.11 Å². The second-order valence-electron chi connectivity index (χ2n) is 6.16. The van der Waals surface area contributed by atoms with Gasteiger partial charge < -0.3 is 14.7 Å². The fourth-order valence-electron chi connectivity index (χ4n) is 3.24. The predicted molar refractivity (Wildman–Crippen MR) is 97.9 cm³/mol. The van der Waals surface area contributed by atoms with Gasteiger partial charge in [0.1, 0.15) is 0 Å². The van der Waals surface area contributed by atoms with Crippen molar-refractivity contribution in [1.82, 2.24) is 4.90 Å². The Morgan fingerprint density at radius 3 is 2.68 bits per heavy atom. The summed E-state index contributed by atoms with van der Waals surface area (Å²) >= 11 is 12.4. The lowest BCUT2D eigenvalue weighted by molar-refractivity contribution is -0.138. The number of carboxylic acid groups (broad SMARTS) is 1. The van der Waals surface area contributed by atoms with E-state index in [-0.39, 0.29) is 12.6 Å². The standard InChI is InChI=1S/C17H22Cl2N2O4/c1-20(10-15(22)23)12-4-3-6-21(7-5-12)16-13(17(24)25-2)8-11(18)9-14(16)19/h8-9,12H,3-7,10H2,1-2H3,(H,22,23). The molecule has 138 valence electrons. The van der Waals surface area contributed by atoms with E-state index < -0.39 is 11.9 Å². The Hall–Kier alpha value is -1.50. The lowest BCUT2D eigenvalue weighted by Crippen LogP contribution is -2.36. The van der Waals surface area contributed by atoms with Crippen LogP contribution in [0.5, 0.6) is 0 Å². The fourth-order valence-corrected chi connectivity index (χ4v) is 3.85. The molecule has 6 nitrogen and oxygen atoms in total. The Labute approximate surface area is 157 Å². The molecule has 1 aromatic carbocycles. The second kappa shape index (κ2) is 8.74. The first-order valence-corrected chi connectivity index (χ1v) is 8.83. The lowest BCUT2D eigenvalue weighted by atomic mass is 10.1. The first-order valence-electron chi connectivity index (χ1n) is 8.07. The largest absolute Gasteiger partial charge is 0.480 e. The molecule has 0 aliphatic carbocycles. The number of methoxy groups -OCH3 is 1. The van der Waals surface area contributed by atoms with Gasteiger partial charge in [0.05, 0.1) is 29.9 Å². The van der Waals surface area contributed by atoms with Crippen LogP contribution in [0.3, 0.4) is 0 Å². The molecule has 25 heavy (non-hydrogen) atoms. The highest BCUT2D eigenvalue weighted by Crippen LogP contribution is 2.35. The van der Waals surface area contributed by atoms with Gasteiger partial charge in [-0.25, -0.2) is 4.79 Å². The highest BCUT2D eigenvalue weighted by Gasteiger charge is 2.26. The minimum Gasteiger partial charge on any atom is -0.480 e. The molecule has 1 aromatic rings. The normalized spacial score (nSPS) is 18.1. The first-order chi connectivity index (χ1) is 11.8. The van der Waals surface area contributed by atoms with Crippen LogP contribution in [0.4, 0.5) is 5.69 Å². The molecule has 1 aliphatic rings. The van der Waals surface area contributed by atoms with Crippen LogP contribution in [0.2, 0.25) is 10.0 Å². The van der Waals surface area contributed by atoms with E-state index in [1.54, 1.807) is 12.1 Å². The molecule has 0 spiro atoms. The number of hydrogen-bond donors (Lipinski definition) is 1. The van der Waals surface area contributed by atoms with E-state index in [4.69, 9.17) is 33.0 Å². The van der Waals surface area contributed by atoms with Crippen LogP contribution in [0.15, 0.2) is 12.1 Å². The highest BCUT2D eigenvalue weighted by molar-refractivity contribution is 6.37. The summed E-state index contributed by atoms with van der Waals surface area (Å²) in [5.74, 6) is -1.32. The number of carboxylic acids is 1. The van der Waals surface area contributed by atoms with Gasteiger partial charge in [0.2, 0.25) is 0 Å². The number of carbonyl (C=O) groups is 2. The Morgan fingerprint density at radius 2 is 2.04 bits per heavy atom. The maximum atomic E-state index is 12.1. The van der Waals surface area contributed by atoms with Crippen molar-refractivity contribution in [2.45, 2.75) is 25.3 Å². The molecule has 1 heterocycles. The van der Waals surface area contributed by atoms with Crippen LogP contribution in [-0.4, -0.2) is 61.8 Å². The summed E-state index contributed by atoms with van der Waals surface area (Å²) in [6.07, 6.45) is 2.54. The molecule has 2 rings (SSSR count). The molecular formula is C17H22Cl2N2O4. The summed E-state index contributed by atoms with van der Waals surface area (Å²) in [7, 11) is 3.14. The van der Waals surface area contributed by atoms with Crippen molar-refractivity contribution in [2.24, 2.45) is 0 Å². The molecule has 1 aliphatic heterocycles. The zero-order valence-corrected chi connectivity index (χ0v) is 15.8. The van der Waals surface area contributed by atoms with Crippen molar-refractivity contribution >= 4 is 40.8 Å². The van der Waals surface area contributed by atoms with Crippen molar-refractivity contribution in [1.29, 1.82) is 0 Å². The molecule has 0 aromatic heterocycles. The number of ether oxygens (including phenoxy) is 1. The minimum atomic E-state index is -0.836. The number of anilines is 1. The van der Waals surface area contributed by atoms with Crippen LogP contribution < -0.4 is 4.90 Å². The molecule has 0 bridgehead atoms. The predicted octanol–water partition coefficient (Wildman–Crippen LogP) is 3.16. The molecule has 0 radical (unpaired) electrons. The summed E-state index contributed by atoms with van der Waals surface area (Å²) < 4.78 is 4.86. The summed E-state index contributed by atoms with van der Waals surface area (Å²) in [5.41, 5.74) is 0.969. The van der Waals surface area contributed by atoms with Gasteiger partial charge in [0.15, 0.2) is 0 Å². The minimum absolute atomic E-state index is 0.0137. The fraction of sp³-hybridized carbons (Fsp3) is 0.529. The molecule has 0 amide bonds. The SMILES string of the molecule is COC(=O)c1cc(Cl)cc(Cl)c1N1CCCC(N(C)CC(=O)O)CC1. The Kier molecular flexibility index (Phi) is 6.93. The van der Waals surface area contributed by atoms with Crippen LogP contribution in [0.1, 0.15) is 29.6 Å². The molecule has 0 saturated carbocycles. The number of likely N-dealkylation sites (N-methyl/N-ethyl adjacent to an activating group) is 1. The van der Waals surface area contributed by atoms with Crippen LogP contribution >= 0.6 is 23.2 Å². The second-order valence-corrected chi connectivity index (χ2v) is 7.00. The maximum Gasteiger partial charge on any atom is 0.340 e. The Bertz CT molecular complexity index is 654. The number of esters is 1. The van der Waals surface area contributed by atoms with Crippen LogP contribution in [-0.2, 0) is 9.53 Å². The summed E-state index contributed by atoms with van der Waals surface area (Å²) in [6, 6.07) is 3.35. The zero-order valence-electron chi connectivity index (χ0n) is 14.3. The van der Waals surface area contributed by atoms with Crippen molar-refractivity contribution in [2.75, 3.05) is 38.7 Å². The van der Waals surface area contributed by atoms with E-state index in [0.717, 1.165) is 25.8 Å². The average Bonchev–Trinajstić information content (AvgIpc) is 2.78. The number of aliphatic carboxylic acids is 1. The smallest absolute Gasteiger partial charge is 0.340 e. The first kappa shape index (κ1) is 19.8. The lowest BCUT2D eigenvalue weighted by Gasteiger charge is -2.27. The Balaban J connectivity index is 2.23. The number of nitrogens with zero attached hydrogens (tertiary/aromatic N) is 2. The van der Waals surface area contributed by atoms with E-state index >= 15 is 0 Å². The molecule has 8 heteroatoms. The van der Waals surface area contributed by atoms with Gasteiger partial charge in [0, 0.05) is 24.2 Å². The van der Waals surface area contributed by atoms with Crippen LogP contribution in [0, 0.1) is 0 Å². The van der Waals surface area contributed by atoms with Crippen molar-refractivity contribution in [3.63, 3.8) is 0 Å². The van der Waals surface area contributed by atoms with Gasteiger partial charge in [0.25, 0.3) is 0 Å². The van der Waals surface area contributed by atoms with Gasteiger partial charge in [-0.1, -0.05) is 23.2 Å². The molecule has 1 atom stereocenters. The third kappa shape index (κ3) is 5.00. The number of hydrogen-bond acceptors (Lipinski definition) is 5. The van der Waals surface area contributed by atoms with E-state index in [0.29, 0.717) is 27.8 Å². The molecule has 1 N–H and O–H groups in total. The summed E-state index contributed by atoms with van der Waals surface area (Å²) in [6.45, 7) is 1.41. The summed E-state index contributed by atoms with van der Waals surface area (Å²) in [4.78, 5) is 27.0. The average molecular weight is 389 g/mol. The van der Waals surface area contributed by atoms with Gasteiger partial charge >= 0.3 is 11.9 Å². The topological polar surface area (TPSA) is 70.1 Å². The van der Waals surface area contributed by atoms with Crippen molar-refractivity contribution in [3.8, 4) is 0 Å². The number of carbonyl (C=O) groups excluding carboxylic acids is 1. The van der Waals surface area contributed by atoms with Gasteiger partial charge in [-0.2, -0.15) is 0 Å². The van der Waals surface area contributed by atoms with E-state index in [2.05, 4.69) is 4.90 Å². The maximum absolute atomic E-state index is 12.1. The summed E-state index contributed by atoms with van der Waals surface area (Å²) in [5, 5.41) is 9.75. The van der Waals surface area contributed by atoms with Gasteiger partial charge in [-0.3, -0.25) is 9.69 Å². The van der Waals surface area contributed by atoms with Crippen molar-refractivity contribution < 1.29 is 19.4 Å². The third-order valence-corrected chi connectivity index (χ3v) is 4.96. The Morgan fingerprint density at radius 1 is 1.32 bits per heavy atom. The third-order valence-electron chi connectivity index (χ3n) is 4.46. The quantitative estimate of drug-likeness (QED) is 0.781. The number of benzene rings is 1. The molecule has 1 fully saturated rings. The monoisotopic (exact) mass is 388 g/mol. The van der Waals surface area contributed by atoms with Gasteiger partial charge in [-0.05, 0) is 38.4 Å². The van der Waals surface area contributed by atoms with Gasteiger partial charge in [-0.15, -0.1) is 0 Å².